The van der Waals surface area contributed by atoms with Crippen molar-refractivity contribution in [2.45, 2.75) is 31.6 Å². The van der Waals surface area contributed by atoms with Gasteiger partial charge in [0.25, 0.3) is 5.69 Å². The Morgan fingerprint density at radius 1 is 1.48 bits per heavy atom. The molecular formula is C14H18N2O6S. The first-order valence-electron chi connectivity index (χ1n) is 7.12. The van der Waals surface area contributed by atoms with Crippen LogP contribution in [0, 0.1) is 15.5 Å². The van der Waals surface area contributed by atoms with Crippen LogP contribution in [-0.2, 0) is 21.2 Å². The molecule has 1 saturated heterocycles. The zero-order chi connectivity index (χ0) is 17.4. The highest BCUT2D eigenvalue weighted by Gasteiger charge is 2.45. The molecule has 1 aliphatic rings. The molecule has 0 saturated carbocycles. The molecule has 1 heterocycles. The van der Waals surface area contributed by atoms with Gasteiger partial charge in [-0.25, -0.2) is 8.42 Å². The minimum Gasteiger partial charge on any atom is -0.481 e. The predicted octanol–water partition coefficient (Wildman–Crippen LogP) is 1.64. The summed E-state index contributed by atoms with van der Waals surface area (Å²) >= 11 is 0. The number of rotatable bonds is 5. The van der Waals surface area contributed by atoms with Crippen molar-refractivity contribution >= 4 is 21.7 Å². The maximum atomic E-state index is 12.8. The Balaban J connectivity index is 2.46. The molecule has 1 fully saturated rings. The summed E-state index contributed by atoms with van der Waals surface area (Å²) in [6.07, 6.45) is 0.606. The molecule has 0 bridgehead atoms. The Labute approximate surface area is 133 Å². The van der Waals surface area contributed by atoms with E-state index in [1.807, 2.05) is 0 Å². The van der Waals surface area contributed by atoms with Crippen LogP contribution in [-0.4, -0.2) is 41.8 Å². The van der Waals surface area contributed by atoms with E-state index >= 15 is 0 Å². The van der Waals surface area contributed by atoms with Crippen molar-refractivity contribution in [1.82, 2.24) is 4.31 Å². The molecule has 0 radical (unpaired) electrons. The number of carbonyl (C=O) groups is 1. The van der Waals surface area contributed by atoms with Crippen molar-refractivity contribution in [3.05, 3.63) is 33.9 Å². The number of aryl methyl sites for hydroxylation is 1. The minimum atomic E-state index is -3.98. The second-order valence-corrected chi connectivity index (χ2v) is 7.76. The van der Waals surface area contributed by atoms with Gasteiger partial charge in [-0.3, -0.25) is 14.9 Å². The lowest BCUT2D eigenvalue weighted by molar-refractivity contribution is -0.385. The van der Waals surface area contributed by atoms with Gasteiger partial charge >= 0.3 is 5.97 Å². The first-order valence-corrected chi connectivity index (χ1v) is 8.56. The molecule has 0 aromatic heterocycles. The van der Waals surface area contributed by atoms with Crippen LogP contribution in [0.2, 0.25) is 0 Å². The standard InChI is InChI=1S/C14H18N2O6S/c1-3-10-4-5-11(16(19)20)8-12(10)23(21,22)15-7-6-14(2,9-15)13(17)18/h4-5,8H,3,6-7,9H2,1-2H3,(H,17,18). The van der Waals surface area contributed by atoms with E-state index in [1.165, 1.54) is 19.1 Å². The SMILES string of the molecule is CCc1ccc([N+](=O)[O-])cc1S(=O)(=O)N1CCC(C)(C(=O)O)C1. The third-order valence-electron chi connectivity index (χ3n) is 4.21. The summed E-state index contributed by atoms with van der Waals surface area (Å²) in [4.78, 5) is 21.4. The molecule has 2 rings (SSSR count). The molecule has 1 aliphatic heterocycles. The number of sulfonamides is 1. The van der Waals surface area contributed by atoms with Crippen molar-refractivity contribution in [2.75, 3.05) is 13.1 Å². The van der Waals surface area contributed by atoms with E-state index in [2.05, 4.69) is 0 Å². The van der Waals surface area contributed by atoms with Crippen molar-refractivity contribution in [3.63, 3.8) is 0 Å². The highest BCUT2D eigenvalue weighted by Crippen LogP contribution is 2.35. The third-order valence-corrected chi connectivity index (χ3v) is 6.14. The highest BCUT2D eigenvalue weighted by molar-refractivity contribution is 7.89. The Bertz CT molecular complexity index is 761. The molecule has 23 heavy (non-hydrogen) atoms. The fraction of sp³-hybridized carbons (Fsp3) is 0.500. The first kappa shape index (κ1) is 17.4. The van der Waals surface area contributed by atoms with Gasteiger partial charge in [-0.05, 0) is 25.3 Å². The lowest BCUT2D eigenvalue weighted by Crippen LogP contribution is -2.35. The normalized spacial score (nSPS) is 22.2. The summed E-state index contributed by atoms with van der Waals surface area (Å²) in [7, 11) is -3.98. The molecule has 126 valence electrons. The van der Waals surface area contributed by atoms with E-state index in [-0.39, 0.29) is 30.1 Å². The van der Waals surface area contributed by atoms with Gasteiger partial charge in [0, 0.05) is 25.2 Å². The molecule has 0 spiro atoms. The van der Waals surface area contributed by atoms with Gasteiger partial charge in [-0.15, -0.1) is 0 Å². The van der Waals surface area contributed by atoms with E-state index in [0.717, 1.165) is 10.4 Å². The van der Waals surface area contributed by atoms with Crippen LogP contribution < -0.4 is 0 Å². The van der Waals surface area contributed by atoms with Gasteiger partial charge in [0.05, 0.1) is 15.2 Å². The summed E-state index contributed by atoms with van der Waals surface area (Å²) in [6.45, 7) is 3.19. The number of carboxylic acids is 1. The average molecular weight is 342 g/mol. The topological polar surface area (TPSA) is 118 Å². The van der Waals surface area contributed by atoms with Crippen LogP contribution in [0.3, 0.4) is 0 Å². The molecule has 8 nitrogen and oxygen atoms in total. The zero-order valence-corrected chi connectivity index (χ0v) is 13.7. The lowest BCUT2D eigenvalue weighted by atomic mass is 9.90. The summed E-state index contributed by atoms with van der Waals surface area (Å²) in [5.41, 5.74) is -0.972. The van der Waals surface area contributed by atoms with Crippen LogP contribution in [0.4, 0.5) is 5.69 Å². The molecule has 9 heteroatoms. The second kappa shape index (κ2) is 5.89. The van der Waals surface area contributed by atoms with Crippen molar-refractivity contribution in [3.8, 4) is 0 Å². The van der Waals surface area contributed by atoms with E-state index in [1.54, 1.807) is 6.92 Å². The quantitative estimate of drug-likeness (QED) is 0.642. The largest absolute Gasteiger partial charge is 0.481 e. The molecule has 1 aromatic carbocycles. The van der Waals surface area contributed by atoms with Gasteiger partial charge in [0.2, 0.25) is 10.0 Å². The number of hydrogen-bond acceptors (Lipinski definition) is 5. The zero-order valence-electron chi connectivity index (χ0n) is 12.9. The number of nitro benzene ring substituents is 1. The summed E-state index contributed by atoms with van der Waals surface area (Å²) in [5.74, 6) is -1.05. The number of non-ortho nitro benzene ring substituents is 1. The minimum absolute atomic E-state index is 0.0803. The summed E-state index contributed by atoms with van der Waals surface area (Å²) < 4.78 is 26.7. The lowest BCUT2D eigenvalue weighted by Gasteiger charge is -2.21. The molecule has 1 unspecified atom stereocenters. The fourth-order valence-corrected chi connectivity index (χ4v) is 4.50. The molecule has 0 aliphatic carbocycles. The van der Waals surface area contributed by atoms with Crippen LogP contribution in [0.15, 0.2) is 23.1 Å². The van der Waals surface area contributed by atoms with Crippen LogP contribution in [0.1, 0.15) is 25.8 Å². The first-order chi connectivity index (χ1) is 10.6. The maximum Gasteiger partial charge on any atom is 0.310 e. The van der Waals surface area contributed by atoms with Gasteiger partial charge in [0.1, 0.15) is 0 Å². The predicted molar refractivity (Wildman–Crippen MR) is 81.6 cm³/mol. The number of nitrogens with zero attached hydrogens (tertiary/aromatic N) is 2. The van der Waals surface area contributed by atoms with Crippen molar-refractivity contribution < 1.29 is 23.2 Å². The number of nitro groups is 1. The van der Waals surface area contributed by atoms with E-state index in [4.69, 9.17) is 0 Å². The maximum absolute atomic E-state index is 12.8. The molecule has 1 atom stereocenters. The number of aliphatic carboxylic acids is 1. The monoisotopic (exact) mass is 342 g/mol. The summed E-state index contributed by atoms with van der Waals surface area (Å²) in [5, 5.41) is 20.1. The molecule has 1 aromatic rings. The van der Waals surface area contributed by atoms with Gasteiger partial charge in [-0.1, -0.05) is 13.0 Å². The van der Waals surface area contributed by atoms with Crippen LogP contribution in [0.25, 0.3) is 0 Å². The fourth-order valence-electron chi connectivity index (χ4n) is 2.63. The Kier molecular flexibility index (Phi) is 4.45. The third kappa shape index (κ3) is 3.06. The molecule has 1 N–H and O–H groups in total. The van der Waals surface area contributed by atoms with Crippen molar-refractivity contribution in [2.24, 2.45) is 5.41 Å². The van der Waals surface area contributed by atoms with Gasteiger partial charge < -0.3 is 5.11 Å². The van der Waals surface area contributed by atoms with Gasteiger partial charge in [0.15, 0.2) is 0 Å². The Morgan fingerprint density at radius 2 is 2.13 bits per heavy atom. The Hall–Kier alpha value is -2.00. The van der Waals surface area contributed by atoms with Crippen molar-refractivity contribution in [1.29, 1.82) is 0 Å². The number of carboxylic acid groups (broad SMARTS) is 1. The summed E-state index contributed by atoms with van der Waals surface area (Å²) in [6, 6.07) is 3.74. The Morgan fingerprint density at radius 3 is 2.61 bits per heavy atom. The highest BCUT2D eigenvalue weighted by atomic mass is 32.2. The second-order valence-electron chi connectivity index (χ2n) is 5.86. The number of hydrogen-bond donors (Lipinski definition) is 1. The van der Waals surface area contributed by atoms with E-state index < -0.39 is 26.3 Å². The van der Waals surface area contributed by atoms with Crippen LogP contribution in [0.5, 0.6) is 0 Å². The van der Waals surface area contributed by atoms with E-state index in [0.29, 0.717) is 12.0 Å². The van der Waals surface area contributed by atoms with Crippen LogP contribution >= 0.6 is 0 Å². The average Bonchev–Trinajstić information content (AvgIpc) is 2.91. The molecule has 0 amide bonds. The molecular weight excluding hydrogens is 324 g/mol. The smallest absolute Gasteiger partial charge is 0.310 e. The van der Waals surface area contributed by atoms with Gasteiger partial charge in [-0.2, -0.15) is 4.31 Å². The number of benzene rings is 1. The van der Waals surface area contributed by atoms with E-state index in [9.17, 15) is 28.4 Å².